The largest absolute Gasteiger partial charge is 0.383 e. The molecule has 1 aliphatic rings. The summed E-state index contributed by atoms with van der Waals surface area (Å²) in [5.41, 5.74) is 1.41. The summed E-state index contributed by atoms with van der Waals surface area (Å²) in [4.78, 5) is 29.4. The average Bonchev–Trinajstić information content (AvgIpc) is 3.63. The van der Waals surface area contributed by atoms with Crippen molar-refractivity contribution < 1.29 is 22.3 Å². The molecule has 0 saturated heterocycles. The molecule has 1 aromatic carbocycles. The van der Waals surface area contributed by atoms with E-state index in [0.29, 0.717) is 34.2 Å². The number of nitrogens with one attached hydrogen (secondary N) is 3. The molecule has 5 rings (SSSR count). The van der Waals surface area contributed by atoms with E-state index in [1.165, 1.54) is 38.6 Å². The number of H-pyrrole nitrogens is 1. The van der Waals surface area contributed by atoms with Crippen LogP contribution in [0.25, 0.3) is 22.2 Å². The quantitative estimate of drug-likeness (QED) is 0.247. The van der Waals surface area contributed by atoms with Crippen LogP contribution in [0.2, 0.25) is 0 Å². The van der Waals surface area contributed by atoms with E-state index in [-0.39, 0.29) is 30.0 Å². The number of aromatic nitrogens is 4. The minimum absolute atomic E-state index is 0.0710. The lowest BCUT2D eigenvalue weighted by Crippen LogP contribution is -2.35. The minimum Gasteiger partial charge on any atom is -0.383 e. The Morgan fingerprint density at radius 1 is 1.16 bits per heavy atom. The van der Waals surface area contributed by atoms with Crippen LogP contribution in [0.3, 0.4) is 0 Å². The number of carbonyl (C=O) groups is 1. The summed E-state index contributed by atoms with van der Waals surface area (Å²) in [6.07, 6.45) is 8.66. The van der Waals surface area contributed by atoms with Gasteiger partial charge in [0, 0.05) is 73.6 Å². The number of pyridine rings is 1. The zero-order valence-electron chi connectivity index (χ0n) is 20.7. The Morgan fingerprint density at radius 2 is 1.89 bits per heavy atom. The molecular formula is C25H26FN7O4S. The third kappa shape index (κ3) is 5.35. The molecule has 0 unspecified atom stereocenters. The number of ketones is 1. The number of anilines is 2. The molecule has 4 aromatic rings. The molecule has 1 saturated carbocycles. The van der Waals surface area contributed by atoms with Crippen molar-refractivity contribution in [3.8, 4) is 11.1 Å². The lowest BCUT2D eigenvalue weighted by atomic mass is 10.0. The van der Waals surface area contributed by atoms with Crippen LogP contribution >= 0.6 is 0 Å². The van der Waals surface area contributed by atoms with Gasteiger partial charge in [0.25, 0.3) is 0 Å². The predicted molar refractivity (Wildman–Crippen MR) is 141 cm³/mol. The van der Waals surface area contributed by atoms with Crippen LogP contribution < -0.4 is 10.0 Å². The Labute approximate surface area is 218 Å². The van der Waals surface area contributed by atoms with Gasteiger partial charge in [-0.25, -0.2) is 19.3 Å². The zero-order chi connectivity index (χ0) is 26.9. The van der Waals surface area contributed by atoms with Gasteiger partial charge >= 0.3 is 10.2 Å². The number of hydrogen-bond acceptors (Lipinski definition) is 8. The number of rotatable bonds is 11. The number of ether oxygens (including phenoxy) is 1. The molecule has 0 atom stereocenters. The molecule has 1 fully saturated rings. The third-order valence-corrected chi connectivity index (χ3v) is 7.66. The van der Waals surface area contributed by atoms with Crippen molar-refractivity contribution in [2.75, 3.05) is 37.3 Å². The number of likely N-dealkylation sites (N-methyl/N-ethyl adjacent to an activating group) is 1. The highest BCUT2D eigenvalue weighted by Gasteiger charge is 2.24. The number of halogens is 1. The van der Waals surface area contributed by atoms with E-state index in [1.807, 2.05) is 0 Å². The lowest BCUT2D eigenvalue weighted by Gasteiger charge is -2.18. The zero-order valence-corrected chi connectivity index (χ0v) is 21.5. The highest BCUT2D eigenvalue weighted by Crippen LogP contribution is 2.29. The first kappa shape index (κ1) is 25.7. The van der Waals surface area contributed by atoms with Crippen molar-refractivity contribution in [3.05, 3.63) is 66.0 Å². The summed E-state index contributed by atoms with van der Waals surface area (Å²) < 4.78 is 48.6. The third-order valence-electron chi connectivity index (χ3n) is 6.17. The SMILES string of the molecule is COCCN(C)S(=O)(=O)Nc1cccc(C(=O)c2c[nH]c3ncc(-c4cnc(NC5CC5)nc4)cc23)c1F. The summed E-state index contributed by atoms with van der Waals surface area (Å²) in [5.74, 6) is -1.05. The summed E-state index contributed by atoms with van der Waals surface area (Å²) in [6.45, 7) is 0.240. The number of aromatic amines is 1. The van der Waals surface area contributed by atoms with Gasteiger partial charge in [0.2, 0.25) is 5.95 Å². The van der Waals surface area contributed by atoms with E-state index in [4.69, 9.17) is 4.74 Å². The molecule has 0 amide bonds. The Balaban J connectivity index is 1.42. The molecule has 3 heterocycles. The maximum atomic E-state index is 15.4. The Kier molecular flexibility index (Phi) is 7.06. The van der Waals surface area contributed by atoms with Gasteiger partial charge in [-0.05, 0) is 31.0 Å². The van der Waals surface area contributed by atoms with Crippen LogP contribution in [-0.2, 0) is 14.9 Å². The van der Waals surface area contributed by atoms with Gasteiger partial charge in [0.15, 0.2) is 11.6 Å². The topological polar surface area (TPSA) is 142 Å². The molecule has 3 N–H and O–H groups in total. The fraction of sp³-hybridized carbons (Fsp3) is 0.280. The van der Waals surface area contributed by atoms with Crippen molar-refractivity contribution >= 4 is 38.7 Å². The summed E-state index contributed by atoms with van der Waals surface area (Å²) in [5, 5.41) is 3.71. The van der Waals surface area contributed by atoms with Gasteiger partial charge in [-0.3, -0.25) is 9.52 Å². The first-order valence-corrected chi connectivity index (χ1v) is 13.3. The Morgan fingerprint density at radius 3 is 2.61 bits per heavy atom. The second-order valence-electron chi connectivity index (χ2n) is 8.95. The first-order chi connectivity index (χ1) is 18.3. The van der Waals surface area contributed by atoms with E-state index >= 15 is 4.39 Å². The number of nitrogens with zero attached hydrogens (tertiary/aromatic N) is 4. The van der Waals surface area contributed by atoms with Crippen LogP contribution in [-0.4, -0.2) is 71.8 Å². The second-order valence-corrected chi connectivity index (χ2v) is 10.7. The van der Waals surface area contributed by atoms with Crippen molar-refractivity contribution in [2.24, 2.45) is 0 Å². The molecule has 38 heavy (non-hydrogen) atoms. The Hall–Kier alpha value is -3.94. The number of carbonyl (C=O) groups excluding carboxylic acids is 1. The molecule has 198 valence electrons. The molecule has 0 aliphatic heterocycles. The van der Waals surface area contributed by atoms with Crippen LogP contribution in [0.4, 0.5) is 16.0 Å². The summed E-state index contributed by atoms with van der Waals surface area (Å²) >= 11 is 0. The van der Waals surface area contributed by atoms with Gasteiger partial charge in [0.05, 0.1) is 17.9 Å². The number of fused-ring (bicyclic) bond motifs is 1. The first-order valence-electron chi connectivity index (χ1n) is 11.9. The van der Waals surface area contributed by atoms with Crippen molar-refractivity contribution in [1.82, 2.24) is 24.2 Å². The molecule has 11 nitrogen and oxygen atoms in total. The van der Waals surface area contributed by atoms with Crippen LogP contribution in [0.15, 0.2) is 49.1 Å². The van der Waals surface area contributed by atoms with Crippen LogP contribution in [0.1, 0.15) is 28.8 Å². The summed E-state index contributed by atoms with van der Waals surface area (Å²) in [6, 6.07) is 6.16. The molecule has 0 spiro atoms. The standard InChI is InChI=1S/C25H26FN7O4S/c1-33(8-9-37-2)38(35,36)32-21-5-3-4-18(22(21)26)23(34)20-14-28-24-19(20)10-15(11-27-24)16-12-29-25(30-13-16)31-17-6-7-17/h3-5,10-14,17,32H,6-9H2,1-2H3,(H,27,28)(H,29,30,31). The fourth-order valence-corrected chi connectivity index (χ4v) is 4.71. The summed E-state index contributed by atoms with van der Waals surface area (Å²) in [7, 11) is -1.27. The highest BCUT2D eigenvalue weighted by atomic mass is 32.2. The molecular weight excluding hydrogens is 513 g/mol. The Bertz CT molecular complexity index is 1590. The molecule has 3 aromatic heterocycles. The monoisotopic (exact) mass is 539 g/mol. The van der Waals surface area contributed by atoms with Crippen molar-refractivity contribution in [3.63, 3.8) is 0 Å². The maximum Gasteiger partial charge on any atom is 0.301 e. The smallest absolute Gasteiger partial charge is 0.301 e. The molecule has 13 heteroatoms. The normalized spacial score (nSPS) is 13.7. The van der Waals surface area contributed by atoms with Gasteiger partial charge in [-0.1, -0.05) is 6.07 Å². The van der Waals surface area contributed by atoms with Gasteiger partial charge in [-0.2, -0.15) is 12.7 Å². The van der Waals surface area contributed by atoms with Gasteiger partial charge in [0.1, 0.15) is 5.65 Å². The second kappa shape index (κ2) is 10.4. The van der Waals surface area contributed by atoms with E-state index in [9.17, 15) is 13.2 Å². The van der Waals surface area contributed by atoms with E-state index in [0.717, 1.165) is 17.1 Å². The molecule has 0 bridgehead atoms. The molecule has 0 radical (unpaired) electrons. The minimum atomic E-state index is -4.06. The van der Waals surface area contributed by atoms with Gasteiger partial charge < -0.3 is 15.0 Å². The number of benzene rings is 1. The van der Waals surface area contributed by atoms with Crippen LogP contribution in [0, 0.1) is 5.82 Å². The fourth-order valence-electron chi connectivity index (χ4n) is 3.80. The van der Waals surface area contributed by atoms with E-state index < -0.39 is 21.8 Å². The van der Waals surface area contributed by atoms with Crippen LogP contribution in [0.5, 0.6) is 0 Å². The number of hydrogen-bond donors (Lipinski definition) is 3. The average molecular weight is 540 g/mol. The van der Waals surface area contributed by atoms with E-state index in [2.05, 4.69) is 30.0 Å². The lowest BCUT2D eigenvalue weighted by molar-refractivity contribution is 0.103. The van der Waals surface area contributed by atoms with E-state index in [1.54, 1.807) is 24.7 Å². The number of methoxy groups -OCH3 is 1. The van der Waals surface area contributed by atoms with Crippen molar-refractivity contribution in [2.45, 2.75) is 18.9 Å². The van der Waals surface area contributed by atoms with Crippen molar-refractivity contribution in [1.29, 1.82) is 0 Å². The molecule has 1 aliphatic carbocycles. The maximum absolute atomic E-state index is 15.4. The predicted octanol–water partition coefficient (Wildman–Crippen LogP) is 3.20. The highest BCUT2D eigenvalue weighted by molar-refractivity contribution is 7.90. The van der Waals surface area contributed by atoms with Gasteiger partial charge in [-0.15, -0.1) is 0 Å².